The van der Waals surface area contributed by atoms with E-state index in [0.717, 1.165) is 25.0 Å². The standard InChI is InChI=1S/C11H19N3O2S/c1-14-7-6-17-8(10(7)13-11(14)16)4-2-3-5-9(12)15/h7-8,10H,2-6H2,1H3,(H2,12,15)(H,13,16)/t7-,8-,10-/m0/s1. The number of unbranched alkanes of at least 4 members (excludes halogenated alkanes) is 1. The summed E-state index contributed by atoms with van der Waals surface area (Å²) in [6, 6.07) is 0.669. The summed E-state index contributed by atoms with van der Waals surface area (Å²) in [4.78, 5) is 23.9. The van der Waals surface area contributed by atoms with E-state index in [-0.39, 0.29) is 18.0 Å². The van der Waals surface area contributed by atoms with Gasteiger partial charge in [-0.1, -0.05) is 6.42 Å². The van der Waals surface area contributed by atoms with Crippen molar-refractivity contribution < 1.29 is 9.59 Å². The lowest BCUT2D eigenvalue weighted by Gasteiger charge is -2.17. The molecule has 17 heavy (non-hydrogen) atoms. The minimum atomic E-state index is -0.226. The van der Waals surface area contributed by atoms with Gasteiger partial charge in [-0.2, -0.15) is 11.8 Å². The number of hydrogen-bond donors (Lipinski definition) is 2. The van der Waals surface area contributed by atoms with E-state index in [1.807, 2.05) is 18.8 Å². The van der Waals surface area contributed by atoms with Crippen molar-refractivity contribution in [3.63, 3.8) is 0 Å². The third-order valence-electron chi connectivity index (χ3n) is 3.57. The number of carbonyl (C=O) groups is 2. The van der Waals surface area contributed by atoms with Gasteiger partial charge < -0.3 is 16.0 Å². The second kappa shape index (κ2) is 5.16. The van der Waals surface area contributed by atoms with Gasteiger partial charge in [0.15, 0.2) is 0 Å². The van der Waals surface area contributed by atoms with Crippen molar-refractivity contribution in [2.75, 3.05) is 12.8 Å². The van der Waals surface area contributed by atoms with Crippen LogP contribution in [0, 0.1) is 0 Å². The Labute approximate surface area is 105 Å². The lowest BCUT2D eigenvalue weighted by molar-refractivity contribution is -0.118. The van der Waals surface area contributed by atoms with Crippen LogP contribution in [0.25, 0.3) is 0 Å². The number of fused-ring (bicyclic) bond motifs is 1. The number of carbonyl (C=O) groups excluding carboxylic acids is 2. The fraction of sp³-hybridized carbons (Fsp3) is 0.818. The number of nitrogens with two attached hydrogens (primary N) is 1. The molecule has 6 heteroatoms. The minimum absolute atomic E-state index is 0.0439. The molecule has 2 aliphatic rings. The molecule has 0 unspecified atom stereocenters. The molecule has 2 saturated heterocycles. The molecule has 2 fully saturated rings. The first-order valence-corrected chi connectivity index (χ1v) is 7.07. The second-order valence-corrected chi connectivity index (χ2v) is 6.01. The maximum atomic E-state index is 11.5. The normalized spacial score (nSPS) is 31.5. The van der Waals surface area contributed by atoms with Gasteiger partial charge in [-0.3, -0.25) is 4.79 Å². The highest BCUT2D eigenvalue weighted by Crippen LogP contribution is 2.36. The summed E-state index contributed by atoms with van der Waals surface area (Å²) in [6.07, 6.45) is 3.38. The Morgan fingerprint density at radius 3 is 3.06 bits per heavy atom. The first-order chi connectivity index (χ1) is 8.09. The zero-order valence-electron chi connectivity index (χ0n) is 10.0. The first kappa shape index (κ1) is 12.5. The predicted molar refractivity (Wildman–Crippen MR) is 67.8 cm³/mol. The molecule has 3 N–H and O–H groups in total. The molecule has 2 aliphatic heterocycles. The Kier molecular flexibility index (Phi) is 3.81. The SMILES string of the molecule is CN1C(=O)N[C@@H]2[C@H](CCCCC(N)=O)SC[C@@H]21. The number of amides is 3. The number of rotatable bonds is 5. The Hall–Kier alpha value is -0.910. The number of primary amides is 1. The number of urea groups is 1. The third-order valence-corrected chi connectivity index (χ3v) is 5.06. The zero-order chi connectivity index (χ0) is 12.4. The molecule has 0 radical (unpaired) electrons. The molecule has 2 heterocycles. The molecule has 3 amide bonds. The summed E-state index contributed by atoms with van der Waals surface area (Å²) in [5.74, 6) is 0.788. The van der Waals surface area contributed by atoms with Crippen molar-refractivity contribution in [3.05, 3.63) is 0 Å². The molecule has 0 saturated carbocycles. The summed E-state index contributed by atoms with van der Waals surface area (Å²) in [7, 11) is 1.86. The Morgan fingerprint density at radius 1 is 1.59 bits per heavy atom. The van der Waals surface area contributed by atoms with Gasteiger partial charge in [0.25, 0.3) is 0 Å². The van der Waals surface area contributed by atoms with Crippen LogP contribution >= 0.6 is 11.8 Å². The van der Waals surface area contributed by atoms with Crippen molar-refractivity contribution in [2.24, 2.45) is 5.73 Å². The van der Waals surface area contributed by atoms with Crippen LogP contribution in [0.3, 0.4) is 0 Å². The maximum Gasteiger partial charge on any atom is 0.317 e. The molecule has 0 aromatic heterocycles. The van der Waals surface area contributed by atoms with E-state index in [2.05, 4.69) is 5.32 Å². The van der Waals surface area contributed by atoms with E-state index >= 15 is 0 Å². The van der Waals surface area contributed by atoms with Crippen molar-refractivity contribution in [1.82, 2.24) is 10.2 Å². The number of hydrogen-bond acceptors (Lipinski definition) is 3. The molecule has 0 aliphatic carbocycles. The molecule has 0 spiro atoms. The second-order valence-electron chi connectivity index (χ2n) is 4.74. The van der Waals surface area contributed by atoms with Gasteiger partial charge in [0.2, 0.25) is 5.91 Å². The fourth-order valence-electron chi connectivity index (χ4n) is 2.52. The maximum absolute atomic E-state index is 11.5. The summed E-state index contributed by atoms with van der Waals surface area (Å²) < 4.78 is 0. The van der Waals surface area contributed by atoms with E-state index in [4.69, 9.17) is 5.73 Å². The Bertz CT molecular complexity index is 324. The van der Waals surface area contributed by atoms with Crippen LogP contribution < -0.4 is 11.1 Å². The van der Waals surface area contributed by atoms with Gasteiger partial charge in [0.05, 0.1) is 12.1 Å². The van der Waals surface area contributed by atoms with Crippen LogP contribution in [-0.2, 0) is 4.79 Å². The van der Waals surface area contributed by atoms with Gasteiger partial charge >= 0.3 is 6.03 Å². The highest BCUT2D eigenvalue weighted by Gasteiger charge is 2.45. The van der Waals surface area contributed by atoms with Gasteiger partial charge in [-0.25, -0.2) is 4.79 Å². The molecule has 0 aromatic carbocycles. The summed E-state index contributed by atoms with van der Waals surface area (Å²) >= 11 is 1.93. The van der Waals surface area contributed by atoms with Crippen molar-refractivity contribution in [3.8, 4) is 0 Å². The van der Waals surface area contributed by atoms with E-state index in [1.54, 1.807) is 4.90 Å². The monoisotopic (exact) mass is 257 g/mol. The average Bonchev–Trinajstić information content (AvgIpc) is 2.77. The molecule has 2 rings (SSSR count). The molecule has 5 nitrogen and oxygen atoms in total. The fourth-order valence-corrected chi connectivity index (χ4v) is 4.19. The lowest BCUT2D eigenvalue weighted by atomic mass is 10.0. The van der Waals surface area contributed by atoms with Crippen LogP contribution in [0.2, 0.25) is 0 Å². The van der Waals surface area contributed by atoms with Crippen LogP contribution in [-0.4, -0.2) is 47.0 Å². The number of thioether (sulfide) groups is 1. The third kappa shape index (κ3) is 2.68. The smallest absolute Gasteiger partial charge is 0.317 e. The molecule has 0 aromatic rings. The molecule has 0 bridgehead atoms. The highest BCUT2D eigenvalue weighted by atomic mass is 32.2. The molecular formula is C11H19N3O2S. The van der Waals surface area contributed by atoms with Crippen molar-refractivity contribution >= 4 is 23.7 Å². The number of nitrogens with zero attached hydrogens (tertiary/aromatic N) is 1. The molecule has 3 atom stereocenters. The molecule has 96 valence electrons. The Morgan fingerprint density at radius 2 is 2.35 bits per heavy atom. The average molecular weight is 257 g/mol. The van der Waals surface area contributed by atoms with Crippen molar-refractivity contribution in [1.29, 1.82) is 0 Å². The van der Waals surface area contributed by atoms with Gasteiger partial charge in [0, 0.05) is 24.5 Å². The van der Waals surface area contributed by atoms with E-state index in [1.165, 1.54) is 0 Å². The largest absolute Gasteiger partial charge is 0.370 e. The van der Waals surface area contributed by atoms with E-state index in [0.29, 0.717) is 17.7 Å². The van der Waals surface area contributed by atoms with Crippen LogP contribution in [0.15, 0.2) is 0 Å². The van der Waals surface area contributed by atoms with E-state index in [9.17, 15) is 9.59 Å². The number of likely N-dealkylation sites (N-methyl/N-ethyl adjacent to an activating group) is 1. The summed E-state index contributed by atoms with van der Waals surface area (Å²) in [5, 5.41) is 3.53. The predicted octanol–water partition coefficient (Wildman–Crippen LogP) is 0.540. The van der Waals surface area contributed by atoms with Gasteiger partial charge in [-0.15, -0.1) is 0 Å². The lowest BCUT2D eigenvalue weighted by Crippen LogP contribution is -2.37. The zero-order valence-corrected chi connectivity index (χ0v) is 10.8. The summed E-state index contributed by atoms with van der Waals surface area (Å²) in [5.41, 5.74) is 5.10. The first-order valence-electron chi connectivity index (χ1n) is 6.03. The van der Waals surface area contributed by atoms with Crippen LogP contribution in [0.4, 0.5) is 4.79 Å². The van der Waals surface area contributed by atoms with Crippen LogP contribution in [0.5, 0.6) is 0 Å². The number of nitrogens with one attached hydrogen (secondary N) is 1. The van der Waals surface area contributed by atoms with Gasteiger partial charge in [-0.05, 0) is 12.8 Å². The van der Waals surface area contributed by atoms with Crippen molar-refractivity contribution in [2.45, 2.75) is 43.0 Å². The summed E-state index contributed by atoms with van der Waals surface area (Å²) in [6.45, 7) is 0. The minimum Gasteiger partial charge on any atom is -0.370 e. The Balaban J connectivity index is 1.76. The van der Waals surface area contributed by atoms with Crippen LogP contribution in [0.1, 0.15) is 25.7 Å². The van der Waals surface area contributed by atoms with E-state index < -0.39 is 0 Å². The van der Waals surface area contributed by atoms with Gasteiger partial charge in [0.1, 0.15) is 0 Å². The molecular weight excluding hydrogens is 238 g/mol. The topological polar surface area (TPSA) is 75.4 Å². The highest BCUT2D eigenvalue weighted by molar-refractivity contribution is 8.00. The quantitative estimate of drug-likeness (QED) is 0.557.